The van der Waals surface area contributed by atoms with Crippen molar-refractivity contribution >= 4 is 17.5 Å². The quantitative estimate of drug-likeness (QED) is 0.513. The number of hydrogen-bond donors (Lipinski definition) is 1. The van der Waals surface area contributed by atoms with Crippen LogP contribution in [0.25, 0.3) is 0 Å². The number of benzene rings is 2. The molecule has 3 aromatic rings. The maximum absolute atomic E-state index is 14.5. The third-order valence-electron chi connectivity index (χ3n) is 5.98. The molecule has 2 aromatic carbocycles. The summed E-state index contributed by atoms with van der Waals surface area (Å²) in [5.41, 5.74) is 1.16. The monoisotopic (exact) mass is 467 g/mol. The van der Waals surface area contributed by atoms with Crippen LogP contribution >= 0.6 is 11.6 Å². The van der Waals surface area contributed by atoms with Crippen molar-refractivity contribution in [1.82, 2.24) is 15.2 Å². The van der Waals surface area contributed by atoms with E-state index in [1.54, 1.807) is 18.2 Å². The molecule has 5 nitrogen and oxygen atoms in total. The molecular formula is C26H27ClFN3O2. The molecule has 1 aliphatic rings. The van der Waals surface area contributed by atoms with E-state index in [2.05, 4.69) is 15.2 Å². The zero-order valence-corrected chi connectivity index (χ0v) is 19.0. The number of piperidine rings is 1. The largest absolute Gasteiger partial charge is 0.492 e. The topological polar surface area (TPSA) is 54.5 Å². The minimum atomic E-state index is -0.602. The van der Waals surface area contributed by atoms with Crippen LogP contribution in [0.4, 0.5) is 4.39 Å². The number of likely N-dealkylation sites (tertiary alicyclic amines) is 1. The van der Waals surface area contributed by atoms with Crippen molar-refractivity contribution in [2.45, 2.75) is 18.9 Å². The SMILES string of the molecule is O=C(NC(c1ccc(Cl)cc1)c1ccncc1F)C1CCN(CCOc2ccccc2)CC1. The van der Waals surface area contributed by atoms with Crippen molar-refractivity contribution in [3.63, 3.8) is 0 Å². The van der Waals surface area contributed by atoms with Crippen molar-refractivity contribution in [1.29, 1.82) is 0 Å². The van der Waals surface area contributed by atoms with Crippen LogP contribution in [0.3, 0.4) is 0 Å². The number of halogens is 2. The third-order valence-corrected chi connectivity index (χ3v) is 6.23. The van der Waals surface area contributed by atoms with E-state index < -0.39 is 11.9 Å². The van der Waals surface area contributed by atoms with E-state index in [1.807, 2.05) is 42.5 Å². The molecule has 1 amide bonds. The molecule has 0 saturated carbocycles. The standard InChI is InChI=1S/C26H27ClFN3O2/c27-21-8-6-19(7-9-21)25(23-10-13-29-18-24(23)28)30-26(32)20-11-14-31(15-12-20)16-17-33-22-4-2-1-3-5-22/h1-10,13,18,20,25H,11-12,14-17H2,(H,30,32). The number of ether oxygens (including phenoxy) is 1. The van der Waals surface area contributed by atoms with Gasteiger partial charge >= 0.3 is 0 Å². The van der Waals surface area contributed by atoms with Crippen LogP contribution in [-0.4, -0.2) is 42.0 Å². The second-order valence-electron chi connectivity index (χ2n) is 8.17. The summed E-state index contributed by atoms with van der Waals surface area (Å²) < 4.78 is 20.3. The Labute approximate surface area is 198 Å². The molecule has 7 heteroatoms. The van der Waals surface area contributed by atoms with Gasteiger partial charge in [0.2, 0.25) is 5.91 Å². The molecule has 1 saturated heterocycles. The summed E-state index contributed by atoms with van der Waals surface area (Å²) in [5, 5.41) is 3.65. The first kappa shape index (κ1) is 23.2. The van der Waals surface area contributed by atoms with Gasteiger partial charge < -0.3 is 10.1 Å². The highest BCUT2D eigenvalue weighted by Gasteiger charge is 2.28. The van der Waals surface area contributed by atoms with E-state index in [0.29, 0.717) is 17.2 Å². The van der Waals surface area contributed by atoms with Crippen molar-refractivity contribution in [2.24, 2.45) is 5.92 Å². The summed E-state index contributed by atoms with van der Waals surface area (Å²) in [7, 11) is 0. The lowest BCUT2D eigenvalue weighted by atomic mass is 9.93. The van der Waals surface area contributed by atoms with E-state index in [-0.39, 0.29) is 11.8 Å². The average molecular weight is 468 g/mol. The predicted molar refractivity (Wildman–Crippen MR) is 127 cm³/mol. The number of nitrogens with zero attached hydrogens (tertiary/aromatic N) is 2. The molecule has 0 aliphatic carbocycles. The molecule has 33 heavy (non-hydrogen) atoms. The van der Waals surface area contributed by atoms with Crippen molar-refractivity contribution in [2.75, 3.05) is 26.2 Å². The normalized spacial score (nSPS) is 15.7. The molecule has 1 unspecified atom stereocenters. The lowest BCUT2D eigenvalue weighted by Gasteiger charge is -2.32. The number of nitrogens with one attached hydrogen (secondary N) is 1. The van der Waals surface area contributed by atoms with E-state index in [0.717, 1.165) is 43.8 Å². The summed E-state index contributed by atoms with van der Waals surface area (Å²) in [5.74, 6) is 0.233. The minimum absolute atomic E-state index is 0.0636. The number of carbonyl (C=O) groups excluding carboxylic acids is 1. The molecule has 1 aliphatic heterocycles. The highest BCUT2D eigenvalue weighted by atomic mass is 35.5. The van der Waals surface area contributed by atoms with Crippen LogP contribution in [-0.2, 0) is 4.79 Å². The summed E-state index contributed by atoms with van der Waals surface area (Å²) in [4.78, 5) is 19.3. The van der Waals surface area contributed by atoms with Crippen LogP contribution in [0.2, 0.25) is 5.02 Å². The van der Waals surface area contributed by atoms with E-state index >= 15 is 0 Å². The second kappa shape index (κ2) is 11.3. The van der Waals surface area contributed by atoms with Gasteiger partial charge in [-0.3, -0.25) is 14.7 Å². The average Bonchev–Trinajstić information content (AvgIpc) is 2.85. The van der Waals surface area contributed by atoms with Gasteiger partial charge in [0.05, 0.1) is 12.2 Å². The van der Waals surface area contributed by atoms with Crippen LogP contribution in [0.1, 0.15) is 30.0 Å². The van der Waals surface area contributed by atoms with Gasteiger partial charge in [0, 0.05) is 29.2 Å². The van der Waals surface area contributed by atoms with E-state index in [4.69, 9.17) is 16.3 Å². The van der Waals surface area contributed by atoms with Gasteiger partial charge in [-0.2, -0.15) is 0 Å². The highest BCUT2D eigenvalue weighted by Crippen LogP contribution is 2.27. The van der Waals surface area contributed by atoms with Crippen molar-refractivity contribution in [3.05, 3.63) is 95.0 Å². The van der Waals surface area contributed by atoms with Gasteiger partial charge in [-0.05, 0) is 61.8 Å². The molecule has 0 bridgehead atoms. The maximum Gasteiger partial charge on any atom is 0.223 e. The molecule has 2 heterocycles. The first-order valence-electron chi connectivity index (χ1n) is 11.2. The second-order valence-corrected chi connectivity index (χ2v) is 8.60. The number of para-hydroxylation sites is 1. The molecular weight excluding hydrogens is 441 g/mol. The van der Waals surface area contributed by atoms with Crippen LogP contribution < -0.4 is 10.1 Å². The van der Waals surface area contributed by atoms with Gasteiger partial charge in [-0.1, -0.05) is 41.9 Å². The highest BCUT2D eigenvalue weighted by molar-refractivity contribution is 6.30. The molecule has 1 fully saturated rings. The first-order valence-corrected chi connectivity index (χ1v) is 11.5. The summed E-state index contributed by atoms with van der Waals surface area (Å²) in [6.45, 7) is 3.08. The van der Waals surface area contributed by atoms with Gasteiger partial charge in [0.15, 0.2) is 0 Å². The smallest absolute Gasteiger partial charge is 0.223 e. The Morgan fingerprint density at radius 3 is 2.55 bits per heavy atom. The number of aromatic nitrogens is 1. The number of hydrogen-bond acceptors (Lipinski definition) is 4. The number of amides is 1. The molecule has 0 spiro atoms. The van der Waals surface area contributed by atoms with Crippen LogP contribution in [0, 0.1) is 11.7 Å². The molecule has 172 valence electrons. The summed E-state index contributed by atoms with van der Waals surface area (Å²) >= 11 is 6.02. The van der Waals surface area contributed by atoms with Gasteiger partial charge in [0.25, 0.3) is 0 Å². The fourth-order valence-corrected chi connectivity index (χ4v) is 4.23. The summed E-state index contributed by atoms with van der Waals surface area (Å²) in [6, 6.07) is 17.9. The molecule has 1 atom stereocenters. The first-order chi connectivity index (χ1) is 16.1. The van der Waals surface area contributed by atoms with Gasteiger partial charge in [0.1, 0.15) is 18.2 Å². The maximum atomic E-state index is 14.5. The minimum Gasteiger partial charge on any atom is -0.492 e. The third kappa shape index (κ3) is 6.30. The summed E-state index contributed by atoms with van der Waals surface area (Å²) in [6.07, 6.45) is 4.20. The lowest BCUT2D eigenvalue weighted by molar-refractivity contribution is -0.127. The van der Waals surface area contributed by atoms with Gasteiger partial charge in [-0.25, -0.2) is 4.39 Å². The molecule has 1 aromatic heterocycles. The fourth-order valence-electron chi connectivity index (χ4n) is 4.10. The zero-order chi connectivity index (χ0) is 23.0. The van der Waals surface area contributed by atoms with Gasteiger partial charge in [-0.15, -0.1) is 0 Å². The Bertz CT molecular complexity index is 1040. The van der Waals surface area contributed by atoms with Crippen molar-refractivity contribution < 1.29 is 13.9 Å². The van der Waals surface area contributed by atoms with Crippen LogP contribution in [0.5, 0.6) is 5.75 Å². The predicted octanol–water partition coefficient (Wildman–Crippen LogP) is 4.87. The Kier molecular flexibility index (Phi) is 7.92. The molecule has 0 radical (unpaired) electrons. The zero-order valence-electron chi connectivity index (χ0n) is 18.3. The van der Waals surface area contributed by atoms with E-state index in [1.165, 1.54) is 12.4 Å². The number of carbonyl (C=O) groups is 1. The molecule has 1 N–H and O–H groups in total. The Hall–Kier alpha value is -2.96. The lowest BCUT2D eigenvalue weighted by Crippen LogP contribution is -2.43. The van der Waals surface area contributed by atoms with E-state index in [9.17, 15) is 9.18 Å². The fraction of sp³-hybridized carbons (Fsp3) is 0.308. The Balaban J connectivity index is 1.34. The Morgan fingerprint density at radius 2 is 1.85 bits per heavy atom. The number of pyridine rings is 1. The Morgan fingerprint density at radius 1 is 1.12 bits per heavy atom. The van der Waals surface area contributed by atoms with Crippen LogP contribution in [0.15, 0.2) is 73.1 Å². The number of rotatable bonds is 8. The molecule has 4 rings (SSSR count). The van der Waals surface area contributed by atoms with Crippen molar-refractivity contribution in [3.8, 4) is 5.75 Å².